The first-order chi connectivity index (χ1) is 9.49. The molecule has 0 aliphatic heterocycles. The van der Waals surface area contributed by atoms with Crippen molar-refractivity contribution in [3.63, 3.8) is 0 Å². The van der Waals surface area contributed by atoms with Crippen molar-refractivity contribution in [1.29, 1.82) is 0 Å². The Morgan fingerprint density at radius 3 is 2.30 bits per heavy atom. The second-order valence-corrected chi connectivity index (χ2v) is 5.16. The molecule has 0 saturated carbocycles. The fourth-order valence-corrected chi connectivity index (χ4v) is 1.96. The Morgan fingerprint density at radius 1 is 1.05 bits per heavy atom. The van der Waals surface area contributed by atoms with E-state index in [9.17, 15) is 0 Å². The minimum atomic E-state index is 0.723. The van der Waals surface area contributed by atoms with Gasteiger partial charge in [-0.2, -0.15) is 0 Å². The summed E-state index contributed by atoms with van der Waals surface area (Å²) in [6.07, 6.45) is 3.74. The topological polar surface area (TPSA) is 49.2 Å². The molecule has 0 amide bonds. The zero-order chi connectivity index (χ0) is 14.7. The average Bonchev–Trinajstić information content (AvgIpc) is 2.78. The summed E-state index contributed by atoms with van der Waals surface area (Å²) in [6.45, 7) is 0.723. The van der Waals surface area contributed by atoms with E-state index in [1.54, 1.807) is 0 Å². The molecule has 1 N–H and O–H groups in total. The van der Waals surface area contributed by atoms with E-state index < -0.39 is 0 Å². The zero-order valence-electron chi connectivity index (χ0n) is 12.8. The van der Waals surface area contributed by atoms with Crippen LogP contribution in [0.1, 0.15) is 5.69 Å². The van der Waals surface area contributed by atoms with Crippen molar-refractivity contribution in [3.05, 3.63) is 30.2 Å². The summed E-state index contributed by atoms with van der Waals surface area (Å²) in [5.74, 6) is 1.90. The molecule has 2 aromatic heterocycles. The van der Waals surface area contributed by atoms with E-state index in [0.29, 0.717) is 0 Å². The van der Waals surface area contributed by atoms with Gasteiger partial charge < -0.3 is 19.7 Å². The van der Waals surface area contributed by atoms with Crippen LogP contribution in [0.25, 0.3) is 0 Å². The van der Waals surface area contributed by atoms with Gasteiger partial charge in [0.1, 0.15) is 5.82 Å². The van der Waals surface area contributed by atoms with E-state index in [2.05, 4.69) is 19.9 Å². The second-order valence-electron chi connectivity index (χ2n) is 5.16. The summed E-state index contributed by atoms with van der Waals surface area (Å²) in [5, 5.41) is 3.36. The summed E-state index contributed by atoms with van der Waals surface area (Å²) in [6, 6.07) is 4.03. The molecule has 2 aromatic rings. The first-order valence-electron chi connectivity index (χ1n) is 6.54. The number of anilines is 3. The van der Waals surface area contributed by atoms with Crippen LogP contribution in [0.2, 0.25) is 0 Å². The van der Waals surface area contributed by atoms with Gasteiger partial charge in [0.2, 0.25) is 5.95 Å². The van der Waals surface area contributed by atoms with Crippen LogP contribution >= 0.6 is 0 Å². The Kier molecular flexibility index (Phi) is 4.12. The van der Waals surface area contributed by atoms with Crippen molar-refractivity contribution in [2.75, 3.05) is 43.3 Å². The lowest BCUT2D eigenvalue weighted by Gasteiger charge is -2.14. The molecule has 0 saturated heterocycles. The number of imidazole rings is 1. The first kappa shape index (κ1) is 14.2. The maximum Gasteiger partial charge on any atom is 0.204 e. The molecule has 0 atom stereocenters. The third kappa shape index (κ3) is 3.01. The highest BCUT2D eigenvalue weighted by atomic mass is 15.3. The van der Waals surface area contributed by atoms with Gasteiger partial charge in [0, 0.05) is 35.2 Å². The van der Waals surface area contributed by atoms with Gasteiger partial charge in [0.25, 0.3) is 0 Å². The van der Waals surface area contributed by atoms with E-state index in [-0.39, 0.29) is 0 Å². The zero-order valence-corrected chi connectivity index (χ0v) is 12.8. The van der Waals surface area contributed by atoms with Gasteiger partial charge in [0.15, 0.2) is 0 Å². The van der Waals surface area contributed by atoms with Crippen LogP contribution in [-0.4, -0.2) is 42.7 Å². The number of pyridine rings is 1. The monoisotopic (exact) mass is 274 g/mol. The normalized spacial score (nSPS) is 10.4. The standard InChI is InChI=1S/C14H22N6/c1-18(2)13-7-6-11(8-16-13)15-9-12-10-17-14(19(3)4)20(12)5/h6-8,10,15H,9H2,1-5H3. The Balaban J connectivity index is 2.02. The van der Waals surface area contributed by atoms with E-state index in [0.717, 1.165) is 29.7 Å². The van der Waals surface area contributed by atoms with Gasteiger partial charge in [-0.1, -0.05) is 0 Å². The number of rotatable bonds is 5. The quantitative estimate of drug-likeness (QED) is 0.896. The molecule has 6 heteroatoms. The van der Waals surface area contributed by atoms with Crippen molar-refractivity contribution in [2.45, 2.75) is 6.54 Å². The molecule has 0 aromatic carbocycles. The van der Waals surface area contributed by atoms with Crippen LogP contribution in [-0.2, 0) is 13.6 Å². The van der Waals surface area contributed by atoms with E-state index in [4.69, 9.17) is 0 Å². The van der Waals surface area contributed by atoms with Gasteiger partial charge in [-0.3, -0.25) is 0 Å². The summed E-state index contributed by atoms with van der Waals surface area (Å²) in [5.41, 5.74) is 2.13. The number of nitrogens with one attached hydrogen (secondary N) is 1. The third-order valence-corrected chi connectivity index (χ3v) is 3.14. The highest BCUT2D eigenvalue weighted by Crippen LogP contribution is 2.15. The van der Waals surface area contributed by atoms with Crippen LogP contribution < -0.4 is 15.1 Å². The molecule has 0 unspecified atom stereocenters. The molecule has 0 aliphatic carbocycles. The van der Waals surface area contributed by atoms with Crippen LogP contribution in [0.5, 0.6) is 0 Å². The molecule has 0 spiro atoms. The van der Waals surface area contributed by atoms with Crippen LogP contribution in [0, 0.1) is 0 Å². The van der Waals surface area contributed by atoms with Gasteiger partial charge in [-0.15, -0.1) is 0 Å². The Labute approximate surface area is 120 Å². The van der Waals surface area contributed by atoms with Crippen LogP contribution in [0.4, 0.5) is 17.5 Å². The molecule has 0 aliphatic rings. The highest BCUT2D eigenvalue weighted by molar-refractivity contribution is 5.48. The lowest BCUT2D eigenvalue weighted by Crippen LogP contribution is -2.15. The number of hydrogen-bond acceptors (Lipinski definition) is 5. The van der Waals surface area contributed by atoms with E-state index >= 15 is 0 Å². The van der Waals surface area contributed by atoms with E-state index in [1.807, 2.05) is 69.6 Å². The lowest BCUT2D eigenvalue weighted by molar-refractivity contribution is 0.814. The van der Waals surface area contributed by atoms with Crippen molar-refractivity contribution in [1.82, 2.24) is 14.5 Å². The van der Waals surface area contributed by atoms with Crippen molar-refractivity contribution in [3.8, 4) is 0 Å². The predicted molar refractivity (Wildman–Crippen MR) is 83.4 cm³/mol. The summed E-state index contributed by atoms with van der Waals surface area (Å²) >= 11 is 0. The maximum absolute atomic E-state index is 4.39. The molecule has 0 radical (unpaired) electrons. The molecule has 6 nitrogen and oxygen atoms in total. The number of hydrogen-bond donors (Lipinski definition) is 1. The molecule has 0 bridgehead atoms. The predicted octanol–water partition coefficient (Wildman–Crippen LogP) is 1.56. The summed E-state index contributed by atoms with van der Waals surface area (Å²) < 4.78 is 2.08. The molecule has 108 valence electrons. The van der Waals surface area contributed by atoms with Gasteiger partial charge in [0.05, 0.1) is 30.3 Å². The van der Waals surface area contributed by atoms with Crippen LogP contribution in [0.3, 0.4) is 0 Å². The van der Waals surface area contributed by atoms with Crippen molar-refractivity contribution in [2.24, 2.45) is 7.05 Å². The van der Waals surface area contributed by atoms with Gasteiger partial charge in [-0.25, -0.2) is 9.97 Å². The largest absolute Gasteiger partial charge is 0.378 e. The molecule has 20 heavy (non-hydrogen) atoms. The van der Waals surface area contributed by atoms with Gasteiger partial charge in [-0.05, 0) is 12.1 Å². The second kappa shape index (κ2) is 5.81. The summed E-state index contributed by atoms with van der Waals surface area (Å²) in [4.78, 5) is 12.7. The number of aromatic nitrogens is 3. The minimum Gasteiger partial charge on any atom is -0.378 e. The van der Waals surface area contributed by atoms with Crippen molar-refractivity contribution >= 4 is 17.5 Å². The van der Waals surface area contributed by atoms with Crippen LogP contribution in [0.15, 0.2) is 24.5 Å². The molecular formula is C14H22N6. The third-order valence-electron chi connectivity index (χ3n) is 3.14. The van der Waals surface area contributed by atoms with E-state index in [1.165, 1.54) is 0 Å². The van der Waals surface area contributed by atoms with Crippen molar-refractivity contribution < 1.29 is 0 Å². The Bertz CT molecular complexity index is 556. The average molecular weight is 274 g/mol. The minimum absolute atomic E-state index is 0.723. The fourth-order valence-electron chi connectivity index (χ4n) is 1.96. The lowest BCUT2D eigenvalue weighted by atomic mass is 10.3. The molecular weight excluding hydrogens is 252 g/mol. The fraction of sp³-hybridized carbons (Fsp3) is 0.429. The molecule has 2 rings (SSSR count). The molecule has 2 heterocycles. The highest BCUT2D eigenvalue weighted by Gasteiger charge is 2.07. The maximum atomic E-state index is 4.39. The Hall–Kier alpha value is -2.24. The smallest absolute Gasteiger partial charge is 0.204 e. The number of nitrogens with zero attached hydrogens (tertiary/aromatic N) is 5. The van der Waals surface area contributed by atoms with Gasteiger partial charge >= 0.3 is 0 Å². The molecule has 0 fully saturated rings. The SMILES string of the molecule is CN(C)c1ccc(NCc2cnc(N(C)C)n2C)cn1. The first-order valence-corrected chi connectivity index (χ1v) is 6.54. The Morgan fingerprint density at radius 2 is 1.80 bits per heavy atom. The summed E-state index contributed by atoms with van der Waals surface area (Å²) in [7, 11) is 9.96.